The lowest BCUT2D eigenvalue weighted by Crippen LogP contribution is -1.99. The SMILES string of the molecule is NCCCc1ncc(-c2ccc3ncoc3c2)s1. The molecule has 2 N–H and O–H groups in total. The van der Waals surface area contributed by atoms with Crippen molar-refractivity contribution in [3.8, 4) is 10.4 Å². The fraction of sp³-hybridized carbons (Fsp3) is 0.231. The summed E-state index contributed by atoms with van der Waals surface area (Å²) in [4.78, 5) is 9.67. The van der Waals surface area contributed by atoms with E-state index in [0.29, 0.717) is 6.54 Å². The van der Waals surface area contributed by atoms with Crippen LogP contribution in [0.3, 0.4) is 0 Å². The first-order chi connectivity index (χ1) is 8.86. The van der Waals surface area contributed by atoms with E-state index in [4.69, 9.17) is 10.2 Å². The maximum atomic E-state index is 5.50. The third kappa shape index (κ3) is 2.14. The maximum Gasteiger partial charge on any atom is 0.181 e. The molecule has 92 valence electrons. The van der Waals surface area contributed by atoms with E-state index in [1.807, 2.05) is 24.4 Å². The lowest BCUT2D eigenvalue weighted by atomic mass is 10.2. The quantitative estimate of drug-likeness (QED) is 0.782. The van der Waals surface area contributed by atoms with Crippen LogP contribution in [-0.4, -0.2) is 16.5 Å². The highest BCUT2D eigenvalue weighted by atomic mass is 32.1. The average molecular weight is 259 g/mol. The molecule has 18 heavy (non-hydrogen) atoms. The minimum Gasteiger partial charge on any atom is -0.443 e. The van der Waals surface area contributed by atoms with Crippen molar-refractivity contribution in [1.82, 2.24) is 9.97 Å². The summed E-state index contributed by atoms with van der Waals surface area (Å²) in [6.45, 7) is 0.707. The summed E-state index contributed by atoms with van der Waals surface area (Å²) in [7, 11) is 0. The van der Waals surface area contributed by atoms with Crippen LogP contribution in [0.2, 0.25) is 0 Å². The minimum absolute atomic E-state index is 0.707. The van der Waals surface area contributed by atoms with Crippen molar-refractivity contribution in [1.29, 1.82) is 0 Å². The van der Waals surface area contributed by atoms with Crippen molar-refractivity contribution in [2.45, 2.75) is 12.8 Å². The van der Waals surface area contributed by atoms with Gasteiger partial charge in [0.25, 0.3) is 0 Å². The number of oxazole rings is 1. The van der Waals surface area contributed by atoms with Crippen LogP contribution in [0.1, 0.15) is 11.4 Å². The van der Waals surface area contributed by atoms with Gasteiger partial charge >= 0.3 is 0 Å². The molecule has 0 spiro atoms. The molecule has 0 unspecified atom stereocenters. The molecule has 0 aliphatic carbocycles. The summed E-state index contributed by atoms with van der Waals surface area (Å²) in [6, 6.07) is 6.01. The molecule has 0 bridgehead atoms. The van der Waals surface area contributed by atoms with E-state index in [1.54, 1.807) is 11.3 Å². The first-order valence-electron chi connectivity index (χ1n) is 5.85. The number of thiazole rings is 1. The summed E-state index contributed by atoms with van der Waals surface area (Å²) in [5.74, 6) is 0. The summed E-state index contributed by atoms with van der Waals surface area (Å²) in [5, 5.41) is 1.13. The highest BCUT2D eigenvalue weighted by Crippen LogP contribution is 2.29. The topological polar surface area (TPSA) is 64.9 Å². The van der Waals surface area contributed by atoms with Crippen LogP contribution in [0, 0.1) is 0 Å². The number of aryl methyl sites for hydroxylation is 1. The standard InChI is InChI=1S/C13H13N3OS/c14-5-1-2-13-15-7-12(18-13)9-3-4-10-11(6-9)17-8-16-10/h3-4,6-8H,1-2,5,14H2. The molecule has 0 atom stereocenters. The van der Waals surface area contributed by atoms with Crippen molar-refractivity contribution < 1.29 is 4.42 Å². The van der Waals surface area contributed by atoms with Crippen LogP contribution in [-0.2, 0) is 6.42 Å². The van der Waals surface area contributed by atoms with Gasteiger partial charge in [-0.3, -0.25) is 0 Å². The molecule has 0 fully saturated rings. The predicted octanol–water partition coefficient (Wildman–Crippen LogP) is 2.84. The van der Waals surface area contributed by atoms with Crippen molar-refractivity contribution in [3.63, 3.8) is 0 Å². The second-order valence-electron chi connectivity index (χ2n) is 4.05. The van der Waals surface area contributed by atoms with E-state index < -0.39 is 0 Å². The second kappa shape index (κ2) is 4.88. The Hall–Kier alpha value is -1.72. The molecule has 3 aromatic rings. The van der Waals surface area contributed by atoms with Gasteiger partial charge in [0, 0.05) is 12.6 Å². The first-order valence-corrected chi connectivity index (χ1v) is 6.67. The Morgan fingerprint density at radius 3 is 3.11 bits per heavy atom. The predicted molar refractivity (Wildman–Crippen MR) is 72.5 cm³/mol. The number of aromatic nitrogens is 2. The summed E-state index contributed by atoms with van der Waals surface area (Å²) < 4.78 is 5.31. The molecule has 0 amide bonds. The van der Waals surface area contributed by atoms with Crippen LogP contribution in [0.4, 0.5) is 0 Å². The van der Waals surface area contributed by atoms with E-state index in [0.717, 1.165) is 39.4 Å². The smallest absolute Gasteiger partial charge is 0.181 e. The van der Waals surface area contributed by atoms with Gasteiger partial charge in [0.15, 0.2) is 12.0 Å². The Balaban J connectivity index is 1.90. The van der Waals surface area contributed by atoms with Crippen LogP contribution >= 0.6 is 11.3 Å². The molecule has 3 rings (SSSR count). The van der Waals surface area contributed by atoms with Gasteiger partial charge in [0.1, 0.15) is 5.52 Å². The molecular formula is C13H13N3OS. The summed E-state index contributed by atoms with van der Waals surface area (Å²) in [6.07, 6.45) is 5.31. The number of hydrogen-bond donors (Lipinski definition) is 1. The lowest BCUT2D eigenvalue weighted by molar-refractivity contribution is 0.602. The molecular weight excluding hydrogens is 246 g/mol. The molecule has 0 aliphatic rings. The van der Waals surface area contributed by atoms with E-state index >= 15 is 0 Å². The first kappa shape index (κ1) is 11.4. The minimum atomic E-state index is 0.707. The summed E-state index contributed by atoms with van der Waals surface area (Å²) in [5.41, 5.74) is 8.31. The van der Waals surface area contributed by atoms with E-state index in [2.05, 4.69) is 9.97 Å². The van der Waals surface area contributed by atoms with Gasteiger partial charge in [0.2, 0.25) is 0 Å². The average Bonchev–Trinajstić information content (AvgIpc) is 3.04. The zero-order valence-electron chi connectivity index (χ0n) is 9.80. The van der Waals surface area contributed by atoms with Crippen LogP contribution in [0.25, 0.3) is 21.5 Å². The van der Waals surface area contributed by atoms with Crippen molar-refractivity contribution in [3.05, 3.63) is 35.8 Å². The molecule has 2 aromatic heterocycles. The molecule has 1 aromatic carbocycles. The zero-order chi connectivity index (χ0) is 12.4. The molecule has 0 saturated carbocycles. The van der Waals surface area contributed by atoms with Gasteiger partial charge in [0.05, 0.1) is 9.88 Å². The largest absolute Gasteiger partial charge is 0.443 e. The normalized spacial score (nSPS) is 11.2. The lowest BCUT2D eigenvalue weighted by Gasteiger charge is -1.95. The Kier molecular flexibility index (Phi) is 3.08. The van der Waals surface area contributed by atoms with Crippen molar-refractivity contribution >= 4 is 22.4 Å². The van der Waals surface area contributed by atoms with Gasteiger partial charge in [-0.2, -0.15) is 0 Å². The second-order valence-corrected chi connectivity index (χ2v) is 5.16. The number of fused-ring (bicyclic) bond motifs is 1. The summed E-state index contributed by atoms with van der Waals surface area (Å²) >= 11 is 1.71. The van der Waals surface area contributed by atoms with E-state index in [1.165, 1.54) is 6.39 Å². The third-order valence-corrected chi connectivity index (χ3v) is 3.87. The molecule has 0 radical (unpaired) electrons. The van der Waals surface area contributed by atoms with Crippen LogP contribution < -0.4 is 5.73 Å². The fourth-order valence-corrected chi connectivity index (χ4v) is 2.78. The third-order valence-electron chi connectivity index (χ3n) is 2.76. The highest BCUT2D eigenvalue weighted by molar-refractivity contribution is 7.15. The van der Waals surface area contributed by atoms with Crippen molar-refractivity contribution in [2.75, 3.05) is 6.54 Å². The Morgan fingerprint density at radius 1 is 1.28 bits per heavy atom. The fourth-order valence-electron chi connectivity index (χ4n) is 1.82. The maximum absolute atomic E-state index is 5.50. The Labute approximate surface area is 108 Å². The van der Waals surface area contributed by atoms with Crippen LogP contribution in [0.15, 0.2) is 35.2 Å². The van der Waals surface area contributed by atoms with E-state index in [-0.39, 0.29) is 0 Å². The number of nitrogens with zero attached hydrogens (tertiary/aromatic N) is 2. The van der Waals surface area contributed by atoms with E-state index in [9.17, 15) is 0 Å². The molecule has 0 aliphatic heterocycles. The zero-order valence-corrected chi connectivity index (χ0v) is 10.6. The molecule has 2 heterocycles. The highest BCUT2D eigenvalue weighted by Gasteiger charge is 2.06. The monoisotopic (exact) mass is 259 g/mol. The van der Waals surface area contributed by atoms with Crippen LogP contribution in [0.5, 0.6) is 0 Å². The van der Waals surface area contributed by atoms with Gasteiger partial charge in [-0.1, -0.05) is 6.07 Å². The van der Waals surface area contributed by atoms with Gasteiger partial charge in [-0.15, -0.1) is 11.3 Å². The van der Waals surface area contributed by atoms with Crippen molar-refractivity contribution in [2.24, 2.45) is 5.73 Å². The Morgan fingerprint density at radius 2 is 2.22 bits per heavy atom. The van der Waals surface area contributed by atoms with Gasteiger partial charge < -0.3 is 10.2 Å². The Bertz CT molecular complexity index is 659. The number of nitrogens with two attached hydrogens (primary N) is 1. The molecule has 4 nitrogen and oxygen atoms in total. The number of hydrogen-bond acceptors (Lipinski definition) is 5. The number of rotatable bonds is 4. The van der Waals surface area contributed by atoms with Gasteiger partial charge in [-0.05, 0) is 30.7 Å². The molecule has 5 heteroatoms. The molecule has 0 saturated heterocycles. The van der Waals surface area contributed by atoms with Gasteiger partial charge in [-0.25, -0.2) is 9.97 Å². The number of benzene rings is 1.